The lowest BCUT2D eigenvalue weighted by atomic mass is 10.1. The van der Waals surface area contributed by atoms with Gasteiger partial charge in [0, 0.05) is 15.5 Å². The smallest absolute Gasteiger partial charge is 0.292 e. The van der Waals surface area contributed by atoms with Gasteiger partial charge in [-0.15, -0.1) is 11.3 Å². The summed E-state index contributed by atoms with van der Waals surface area (Å²) in [4.78, 5) is 41.7. The van der Waals surface area contributed by atoms with Gasteiger partial charge in [0.05, 0.1) is 17.6 Å². The molecule has 0 radical (unpaired) electrons. The molecule has 0 saturated carbocycles. The normalized spacial score (nSPS) is 13.0. The molecular weight excluding hydrogens is 432 g/mol. The molecule has 7 heteroatoms. The minimum atomic E-state index is -0.497. The summed E-state index contributed by atoms with van der Waals surface area (Å²) in [6.07, 6.45) is 2.73. The second kappa shape index (κ2) is 7.62. The van der Waals surface area contributed by atoms with E-state index >= 15 is 0 Å². The highest BCUT2D eigenvalue weighted by Crippen LogP contribution is 2.35. The quantitative estimate of drug-likeness (QED) is 0.428. The van der Waals surface area contributed by atoms with E-state index in [1.54, 1.807) is 36.4 Å². The predicted octanol–water partition coefficient (Wildman–Crippen LogP) is 4.55. The standard InChI is InChI=1S/C24H19ClN2O3S/c1-14-5-11-17(12-6-14)27-22(29)21-18-3-2-4-20(18)31-23(21)26(24(27)30)13-19(28)15-7-9-16(25)10-8-15/h5-12H,2-4,13H2,1H3. The van der Waals surface area contributed by atoms with Crippen molar-refractivity contribution in [3.63, 3.8) is 0 Å². The van der Waals surface area contributed by atoms with E-state index in [0.29, 0.717) is 26.5 Å². The zero-order valence-electron chi connectivity index (χ0n) is 16.9. The van der Waals surface area contributed by atoms with Crippen LogP contribution in [0, 0.1) is 6.92 Å². The first-order valence-corrected chi connectivity index (χ1v) is 11.3. The number of benzene rings is 2. The molecule has 0 aliphatic heterocycles. The number of ketones is 1. The van der Waals surface area contributed by atoms with Crippen LogP contribution >= 0.6 is 22.9 Å². The fraction of sp³-hybridized carbons (Fsp3) is 0.208. The number of rotatable bonds is 4. The van der Waals surface area contributed by atoms with Gasteiger partial charge in [-0.2, -0.15) is 0 Å². The van der Waals surface area contributed by atoms with Crippen LogP contribution in [-0.4, -0.2) is 14.9 Å². The molecular formula is C24H19ClN2O3S. The number of thiophene rings is 1. The maximum Gasteiger partial charge on any atom is 0.337 e. The van der Waals surface area contributed by atoms with E-state index < -0.39 is 5.69 Å². The minimum absolute atomic E-state index is 0.136. The maximum atomic E-state index is 13.5. The Balaban J connectivity index is 1.74. The predicted molar refractivity (Wildman–Crippen MR) is 124 cm³/mol. The Bertz CT molecular complexity index is 1440. The molecule has 0 unspecified atom stereocenters. The summed E-state index contributed by atoms with van der Waals surface area (Å²) in [6.45, 7) is 1.81. The topological polar surface area (TPSA) is 61.1 Å². The summed E-state index contributed by atoms with van der Waals surface area (Å²) in [5, 5.41) is 1.11. The van der Waals surface area contributed by atoms with Crippen molar-refractivity contribution in [2.45, 2.75) is 32.7 Å². The Labute approximate surface area is 187 Å². The van der Waals surface area contributed by atoms with Crippen molar-refractivity contribution >= 4 is 38.9 Å². The minimum Gasteiger partial charge on any atom is -0.292 e. The molecule has 0 saturated heterocycles. The molecule has 0 amide bonds. The highest BCUT2D eigenvalue weighted by Gasteiger charge is 2.26. The average Bonchev–Trinajstić information content (AvgIpc) is 3.34. The Morgan fingerprint density at radius 2 is 1.74 bits per heavy atom. The molecule has 0 atom stereocenters. The molecule has 5 nitrogen and oxygen atoms in total. The van der Waals surface area contributed by atoms with Crippen LogP contribution < -0.4 is 11.2 Å². The molecule has 2 heterocycles. The molecule has 5 rings (SSSR count). The number of fused-ring (bicyclic) bond motifs is 3. The maximum absolute atomic E-state index is 13.5. The first-order valence-electron chi connectivity index (χ1n) is 10.1. The van der Waals surface area contributed by atoms with Gasteiger partial charge in [0.1, 0.15) is 4.83 Å². The number of carbonyl (C=O) groups is 1. The summed E-state index contributed by atoms with van der Waals surface area (Å²) in [6, 6.07) is 13.9. The van der Waals surface area contributed by atoms with Gasteiger partial charge in [0.25, 0.3) is 5.56 Å². The lowest BCUT2D eigenvalue weighted by Gasteiger charge is -2.12. The molecule has 4 aromatic rings. The summed E-state index contributed by atoms with van der Waals surface area (Å²) >= 11 is 7.40. The third-order valence-electron chi connectivity index (χ3n) is 5.75. The fourth-order valence-corrected chi connectivity index (χ4v) is 5.64. The van der Waals surface area contributed by atoms with Crippen molar-refractivity contribution < 1.29 is 4.79 Å². The number of aryl methyl sites for hydroxylation is 3. The Kier molecular flexibility index (Phi) is 4.91. The fourth-order valence-electron chi connectivity index (χ4n) is 4.14. The Morgan fingerprint density at radius 1 is 1.03 bits per heavy atom. The van der Waals surface area contributed by atoms with E-state index in [-0.39, 0.29) is 17.9 Å². The van der Waals surface area contributed by atoms with Crippen molar-refractivity contribution in [3.8, 4) is 5.69 Å². The van der Waals surface area contributed by atoms with Crippen LogP contribution in [0.4, 0.5) is 0 Å². The van der Waals surface area contributed by atoms with Crippen molar-refractivity contribution in [2.24, 2.45) is 0 Å². The van der Waals surface area contributed by atoms with E-state index in [1.807, 2.05) is 19.1 Å². The average molecular weight is 451 g/mol. The van der Waals surface area contributed by atoms with Crippen LogP contribution in [0.15, 0.2) is 58.1 Å². The van der Waals surface area contributed by atoms with E-state index in [9.17, 15) is 14.4 Å². The molecule has 31 heavy (non-hydrogen) atoms. The molecule has 1 aliphatic carbocycles. The van der Waals surface area contributed by atoms with Crippen LogP contribution in [0.1, 0.15) is 32.8 Å². The molecule has 2 aromatic carbocycles. The van der Waals surface area contributed by atoms with Crippen LogP contribution in [-0.2, 0) is 19.4 Å². The van der Waals surface area contributed by atoms with Gasteiger partial charge in [-0.25, -0.2) is 9.36 Å². The molecule has 156 valence electrons. The second-order valence-corrected chi connectivity index (χ2v) is 9.33. The van der Waals surface area contributed by atoms with E-state index in [0.717, 1.165) is 35.3 Å². The largest absolute Gasteiger partial charge is 0.337 e. The van der Waals surface area contributed by atoms with Gasteiger partial charge in [-0.05, 0) is 68.1 Å². The Hall–Kier alpha value is -2.96. The SMILES string of the molecule is Cc1ccc(-n2c(=O)c3c4c(sc3n(CC(=O)c3ccc(Cl)cc3)c2=O)CCC4)cc1. The van der Waals surface area contributed by atoms with Gasteiger partial charge >= 0.3 is 5.69 Å². The number of aromatic nitrogens is 2. The lowest BCUT2D eigenvalue weighted by Crippen LogP contribution is -2.39. The van der Waals surface area contributed by atoms with Crippen molar-refractivity contribution in [1.29, 1.82) is 0 Å². The number of nitrogens with zero attached hydrogens (tertiary/aromatic N) is 2. The van der Waals surface area contributed by atoms with Crippen molar-refractivity contribution in [2.75, 3.05) is 0 Å². The van der Waals surface area contributed by atoms with Crippen LogP contribution in [0.5, 0.6) is 0 Å². The van der Waals surface area contributed by atoms with Gasteiger partial charge < -0.3 is 0 Å². The van der Waals surface area contributed by atoms with Gasteiger partial charge in [-0.1, -0.05) is 29.3 Å². The molecule has 0 fully saturated rings. The van der Waals surface area contributed by atoms with Crippen LogP contribution in [0.3, 0.4) is 0 Å². The number of hydrogen-bond donors (Lipinski definition) is 0. The zero-order chi connectivity index (χ0) is 21.7. The van der Waals surface area contributed by atoms with Crippen molar-refractivity contribution in [1.82, 2.24) is 9.13 Å². The summed E-state index contributed by atoms with van der Waals surface area (Å²) < 4.78 is 2.65. The summed E-state index contributed by atoms with van der Waals surface area (Å²) in [5.74, 6) is -0.206. The highest BCUT2D eigenvalue weighted by molar-refractivity contribution is 7.19. The summed E-state index contributed by atoms with van der Waals surface area (Å²) in [7, 11) is 0. The number of halogens is 1. The highest BCUT2D eigenvalue weighted by atomic mass is 35.5. The molecule has 0 bridgehead atoms. The first kappa shape index (κ1) is 20.0. The zero-order valence-corrected chi connectivity index (χ0v) is 18.4. The lowest BCUT2D eigenvalue weighted by molar-refractivity contribution is 0.0972. The molecule has 1 aliphatic rings. The van der Waals surface area contributed by atoms with Crippen LogP contribution in [0.25, 0.3) is 15.9 Å². The second-order valence-electron chi connectivity index (χ2n) is 7.81. The van der Waals surface area contributed by atoms with E-state index in [2.05, 4.69) is 0 Å². The van der Waals surface area contributed by atoms with Gasteiger partial charge in [0.2, 0.25) is 0 Å². The van der Waals surface area contributed by atoms with Crippen LogP contribution in [0.2, 0.25) is 5.02 Å². The van der Waals surface area contributed by atoms with Gasteiger partial charge in [-0.3, -0.25) is 14.2 Å². The number of carbonyl (C=O) groups excluding carboxylic acids is 1. The number of Topliss-reactive ketones (excluding diaryl/α,β-unsaturated/α-hetero) is 1. The van der Waals surface area contributed by atoms with E-state index in [1.165, 1.54) is 20.5 Å². The molecule has 0 N–H and O–H groups in total. The molecule has 0 spiro atoms. The number of hydrogen-bond acceptors (Lipinski definition) is 4. The molecule has 2 aromatic heterocycles. The van der Waals surface area contributed by atoms with Gasteiger partial charge in [0.15, 0.2) is 5.78 Å². The third kappa shape index (κ3) is 3.36. The third-order valence-corrected chi connectivity index (χ3v) is 7.31. The monoisotopic (exact) mass is 450 g/mol. The first-order chi connectivity index (χ1) is 14.9. The summed E-state index contributed by atoms with van der Waals surface area (Å²) in [5.41, 5.74) is 2.24. The van der Waals surface area contributed by atoms with E-state index in [4.69, 9.17) is 11.6 Å². The van der Waals surface area contributed by atoms with Crippen molar-refractivity contribution in [3.05, 3.63) is 96.0 Å². The Morgan fingerprint density at radius 3 is 2.45 bits per heavy atom.